The molecule has 1 fully saturated rings. The molecule has 0 bridgehead atoms. The molecule has 1 radical (unpaired) electrons. The Morgan fingerprint density at radius 1 is 1.67 bits per heavy atom. The second kappa shape index (κ2) is 1.59. The first-order valence-corrected chi connectivity index (χ1v) is 2.47. The summed E-state index contributed by atoms with van der Waals surface area (Å²) in [5.41, 5.74) is 0. The molecule has 1 saturated carbocycles. The molecule has 0 heterocycles. The van der Waals surface area contributed by atoms with E-state index in [1.807, 2.05) is 0 Å². The van der Waals surface area contributed by atoms with Gasteiger partial charge < -0.3 is 0 Å². The predicted molar refractivity (Wildman–Crippen MR) is 29.2 cm³/mol. The molecule has 1 aliphatic carbocycles. The van der Waals surface area contributed by atoms with E-state index in [1.165, 1.54) is 12.8 Å². The minimum atomic E-state index is 0.968. The normalized spacial score (nSPS) is 20.5. The van der Waals surface area contributed by atoms with Crippen LogP contribution in [-0.2, 0) is 0 Å². The maximum atomic E-state index is 5.14. The van der Waals surface area contributed by atoms with E-state index < -0.39 is 0 Å². The molecule has 1 heteroatoms. The van der Waals surface area contributed by atoms with E-state index in [9.17, 15) is 0 Å². The quantitative estimate of drug-likeness (QED) is 0.428. The molecule has 31 valence electrons. The minimum absolute atomic E-state index is 0.968. The van der Waals surface area contributed by atoms with Crippen LogP contribution in [0.2, 0.25) is 0 Å². The third kappa shape index (κ3) is 0.962. The second-order valence-electron chi connectivity index (χ2n) is 1.91. The van der Waals surface area contributed by atoms with Crippen LogP contribution in [0.4, 0.5) is 0 Å². The van der Waals surface area contributed by atoms with Crippen LogP contribution in [0.1, 0.15) is 19.3 Å². The Labute approximate surface area is 39.6 Å². The van der Waals surface area contributed by atoms with E-state index >= 15 is 0 Å². The Balaban J connectivity index is 2.00. The molecule has 0 aromatic rings. The Bertz CT molecular complexity index is 55.0. The first kappa shape index (κ1) is 4.10. The summed E-state index contributed by atoms with van der Waals surface area (Å²) in [6, 6.07) is 0. The van der Waals surface area contributed by atoms with Gasteiger partial charge in [0, 0.05) is 0 Å². The fourth-order valence-corrected chi connectivity index (χ4v) is 0.546. The van der Waals surface area contributed by atoms with E-state index in [2.05, 4.69) is 0 Å². The van der Waals surface area contributed by atoms with Crippen molar-refractivity contribution in [3.8, 4) is 0 Å². The Morgan fingerprint density at radius 2 is 2.33 bits per heavy atom. The maximum absolute atomic E-state index is 5.14. The van der Waals surface area contributed by atoms with Crippen molar-refractivity contribution in [3.05, 3.63) is 0 Å². The van der Waals surface area contributed by atoms with Gasteiger partial charge in [0.15, 0.2) is 0 Å². The molecule has 0 spiro atoms. The van der Waals surface area contributed by atoms with E-state index in [-0.39, 0.29) is 0 Å². The summed E-state index contributed by atoms with van der Waals surface area (Å²) in [5.74, 6) is 2.73. The zero-order valence-electron chi connectivity index (χ0n) is 3.85. The van der Waals surface area contributed by atoms with Gasteiger partial charge in [-0.15, -0.1) is 0 Å². The molecule has 0 aromatic carbocycles. The van der Waals surface area contributed by atoms with Crippen molar-refractivity contribution < 1.29 is 0 Å². The van der Waals surface area contributed by atoms with Gasteiger partial charge in [0.1, 0.15) is 0 Å². The van der Waals surface area contributed by atoms with Crippen LogP contribution in [0.25, 0.3) is 0 Å². The summed E-state index contributed by atoms with van der Waals surface area (Å²) in [5, 5.41) is 0. The van der Waals surface area contributed by atoms with Crippen molar-refractivity contribution >= 4 is 13.5 Å². The van der Waals surface area contributed by atoms with E-state index in [4.69, 9.17) is 7.49 Å². The fraction of sp³-hybridized carbons (Fsp3) is 0.800. The van der Waals surface area contributed by atoms with Crippen molar-refractivity contribution in [1.82, 2.24) is 0 Å². The number of hydrogen-bond donors (Lipinski definition) is 0. The molecule has 0 unspecified atom stereocenters. The van der Waals surface area contributed by atoms with Crippen LogP contribution < -0.4 is 0 Å². The summed E-state index contributed by atoms with van der Waals surface area (Å²) >= 11 is 0. The standard InChI is InChI=1S/C5H8B/c6-4-3-5-1-2-5/h4-5H,1-3H2. The van der Waals surface area contributed by atoms with Crippen molar-refractivity contribution in [2.45, 2.75) is 19.3 Å². The van der Waals surface area contributed by atoms with E-state index in [1.54, 1.807) is 5.97 Å². The molecular formula is C5H8B. The van der Waals surface area contributed by atoms with Crippen LogP contribution >= 0.6 is 0 Å². The average molecular weight is 78.9 g/mol. The molecule has 1 rings (SSSR count). The first-order valence-electron chi connectivity index (χ1n) is 2.47. The molecule has 0 aliphatic heterocycles. The third-order valence-electron chi connectivity index (χ3n) is 1.17. The van der Waals surface area contributed by atoms with Crippen molar-refractivity contribution in [2.24, 2.45) is 5.92 Å². The summed E-state index contributed by atoms with van der Waals surface area (Å²) in [6.45, 7) is 0. The monoisotopic (exact) mass is 79.1 g/mol. The number of hydrogen-bond acceptors (Lipinski definition) is 0. The van der Waals surface area contributed by atoms with Crippen molar-refractivity contribution in [3.63, 3.8) is 0 Å². The molecule has 0 atom stereocenters. The van der Waals surface area contributed by atoms with Gasteiger partial charge in [-0.25, -0.2) is 0 Å². The molecule has 0 amide bonds. The van der Waals surface area contributed by atoms with Gasteiger partial charge in [-0.05, 0) is 0 Å². The van der Waals surface area contributed by atoms with Crippen LogP contribution in [-0.4, -0.2) is 13.5 Å². The van der Waals surface area contributed by atoms with Crippen LogP contribution in [0.3, 0.4) is 0 Å². The Morgan fingerprint density at radius 3 is 2.50 bits per heavy atom. The first-order chi connectivity index (χ1) is 2.93. The SMILES string of the molecule is [B]=CCC1CC1. The van der Waals surface area contributed by atoms with Gasteiger partial charge in [0.2, 0.25) is 0 Å². The number of rotatable bonds is 2. The molecule has 6 heavy (non-hydrogen) atoms. The van der Waals surface area contributed by atoms with Crippen LogP contribution in [0.5, 0.6) is 0 Å². The Kier molecular flexibility index (Phi) is 1.09. The van der Waals surface area contributed by atoms with Crippen LogP contribution in [0, 0.1) is 5.92 Å². The summed E-state index contributed by atoms with van der Waals surface area (Å²) in [6.07, 6.45) is 3.96. The van der Waals surface area contributed by atoms with Crippen molar-refractivity contribution in [2.75, 3.05) is 0 Å². The summed E-state index contributed by atoms with van der Waals surface area (Å²) in [7, 11) is 5.14. The van der Waals surface area contributed by atoms with Gasteiger partial charge in [-0.2, -0.15) is 0 Å². The average Bonchev–Trinajstić information content (AvgIpc) is 2.21. The molecule has 0 saturated heterocycles. The topological polar surface area (TPSA) is 0 Å². The Hall–Kier alpha value is -0.0651. The van der Waals surface area contributed by atoms with Crippen molar-refractivity contribution in [1.29, 1.82) is 0 Å². The van der Waals surface area contributed by atoms with Gasteiger partial charge in [-0.3, -0.25) is 0 Å². The van der Waals surface area contributed by atoms with Crippen LogP contribution in [0.15, 0.2) is 0 Å². The van der Waals surface area contributed by atoms with E-state index in [0.717, 1.165) is 12.3 Å². The zero-order chi connectivity index (χ0) is 4.41. The van der Waals surface area contributed by atoms with Gasteiger partial charge in [0.25, 0.3) is 0 Å². The third-order valence-corrected chi connectivity index (χ3v) is 1.17. The summed E-state index contributed by atoms with van der Waals surface area (Å²) < 4.78 is 0. The van der Waals surface area contributed by atoms with Gasteiger partial charge in [-0.1, -0.05) is 0 Å². The van der Waals surface area contributed by atoms with Gasteiger partial charge >= 0.3 is 38.6 Å². The second-order valence-corrected chi connectivity index (χ2v) is 1.91. The predicted octanol–water partition coefficient (Wildman–Crippen LogP) is 0.757. The van der Waals surface area contributed by atoms with E-state index in [0.29, 0.717) is 0 Å². The van der Waals surface area contributed by atoms with Gasteiger partial charge in [0.05, 0.1) is 0 Å². The molecule has 0 aromatic heterocycles. The molecule has 0 N–H and O–H groups in total. The molecule has 0 nitrogen and oxygen atoms in total. The summed E-state index contributed by atoms with van der Waals surface area (Å²) in [4.78, 5) is 0. The zero-order valence-corrected chi connectivity index (χ0v) is 3.85. The molecular weight excluding hydrogens is 70.9 g/mol. The fourth-order valence-electron chi connectivity index (χ4n) is 0.546. The molecule has 1 aliphatic rings.